The normalized spacial score (nSPS) is 14.4. The average Bonchev–Trinajstić information content (AvgIpc) is 2.36. The lowest BCUT2D eigenvalue weighted by atomic mass is 10.1. The molecule has 0 spiro atoms. The van der Waals surface area contributed by atoms with Gasteiger partial charge in [-0.1, -0.05) is 19.1 Å². The highest BCUT2D eigenvalue weighted by Gasteiger charge is 2.07. The maximum absolute atomic E-state index is 5.14. The Hall–Kier alpha value is -1.06. The zero-order valence-electron chi connectivity index (χ0n) is 11.2. The first-order valence-electron chi connectivity index (χ1n) is 6.03. The van der Waals surface area contributed by atoms with Crippen molar-refractivity contribution in [1.29, 1.82) is 0 Å². The van der Waals surface area contributed by atoms with Gasteiger partial charge in [-0.15, -0.1) is 0 Å². The Labute approximate surface area is 104 Å². The lowest BCUT2D eigenvalue weighted by Gasteiger charge is -2.17. The first kappa shape index (κ1) is 14.0. The van der Waals surface area contributed by atoms with Gasteiger partial charge in [0, 0.05) is 26.3 Å². The molecule has 3 nitrogen and oxygen atoms in total. The van der Waals surface area contributed by atoms with Crippen molar-refractivity contribution in [2.75, 3.05) is 27.4 Å². The van der Waals surface area contributed by atoms with E-state index in [0.29, 0.717) is 12.0 Å². The van der Waals surface area contributed by atoms with E-state index in [1.807, 2.05) is 12.1 Å². The van der Waals surface area contributed by atoms with Crippen LogP contribution in [0.15, 0.2) is 24.3 Å². The minimum atomic E-state index is 0.347. The first-order valence-corrected chi connectivity index (χ1v) is 6.03. The molecule has 96 valence electrons. The Morgan fingerprint density at radius 2 is 1.76 bits per heavy atom. The highest BCUT2D eigenvalue weighted by molar-refractivity contribution is 5.28. The molecule has 0 aliphatic carbocycles. The molecule has 0 bridgehead atoms. The van der Waals surface area contributed by atoms with Crippen molar-refractivity contribution >= 4 is 0 Å². The fourth-order valence-corrected chi connectivity index (χ4v) is 1.73. The van der Waals surface area contributed by atoms with E-state index in [9.17, 15) is 0 Å². The Morgan fingerprint density at radius 3 is 2.29 bits per heavy atom. The quantitative estimate of drug-likeness (QED) is 0.790. The van der Waals surface area contributed by atoms with Crippen LogP contribution in [0.25, 0.3) is 0 Å². The van der Waals surface area contributed by atoms with Crippen LogP contribution in [0.4, 0.5) is 0 Å². The number of nitrogens with one attached hydrogen (secondary N) is 1. The van der Waals surface area contributed by atoms with E-state index in [0.717, 1.165) is 18.9 Å². The SMILES string of the molecule is COCC(C)CN[C@H](C)c1ccc(OC)cc1. The summed E-state index contributed by atoms with van der Waals surface area (Å²) in [5.74, 6) is 1.43. The summed E-state index contributed by atoms with van der Waals surface area (Å²) >= 11 is 0. The van der Waals surface area contributed by atoms with Gasteiger partial charge in [-0.05, 0) is 30.5 Å². The summed E-state index contributed by atoms with van der Waals surface area (Å²) < 4.78 is 10.3. The highest BCUT2D eigenvalue weighted by atomic mass is 16.5. The van der Waals surface area contributed by atoms with Crippen molar-refractivity contribution in [1.82, 2.24) is 5.32 Å². The van der Waals surface area contributed by atoms with Crippen LogP contribution in [-0.4, -0.2) is 27.4 Å². The van der Waals surface area contributed by atoms with Crippen LogP contribution in [0, 0.1) is 5.92 Å². The van der Waals surface area contributed by atoms with Crippen molar-refractivity contribution < 1.29 is 9.47 Å². The van der Waals surface area contributed by atoms with Crippen LogP contribution >= 0.6 is 0 Å². The van der Waals surface area contributed by atoms with Gasteiger partial charge < -0.3 is 14.8 Å². The number of hydrogen-bond donors (Lipinski definition) is 1. The summed E-state index contributed by atoms with van der Waals surface area (Å²) in [4.78, 5) is 0. The van der Waals surface area contributed by atoms with E-state index >= 15 is 0 Å². The standard InChI is InChI=1S/C14H23NO2/c1-11(10-16-3)9-15-12(2)13-5-7-14(17-4)8-6-13/h5-8,11-12,15H,9-10H2,1-4H3/t11?,12-/m1/s1. The molecule has 0 saturated heterocycles. The van der Waals surface area contributed by atoms with Crippen molar-refractivity contribution in [3.8, 4) is 5.75 Å². The lowest BCUT2D eigenvalue weighted by molar-refractivity contribution is 0.157. The molecule has 17 heavy (non-hydrogen) atoms. The van der Waals surface area contributed by atoms with E-state index in [1.54, 1.807) is 14.2 Å². The topological polar surface area (TPSA) is 30.5 Å². The first-order chi connectivity index (χ1) is 8.17. The molecule has 0 aromatic heterocycles. The molecule has 1 unspecified atom stereocenters. The van der Waals surface area contributed by atoms with E-state index in [4.69, 9.17) is 9.47 Å². The third-order valence-corrected chi connectivity index (χ3v) is 2.84. The smallest absolute Gasteiger partial charge is 0.118 e. The molecule has 0 radical (unpaired) electrons. The van der Waals surface area contributed by atoms with Crippen LogP contribution in [0.5, 0.6) is 5.75 Å². The minimum Gasteiger partial charge on any atom is -0.497 e. The molecular weight excluding hydrogens is 214 g/mol. The van der Waals surface area contributed by atoms with Gasteiger partial charge in [0.05, 0.1) is 7.11 Å². The van der Waals surface area contributed by atoms with Crippen LogP contribution in [0.2, 0.25) is 0 Å². The predicted molar refractivity (Wildman–Crippen MR) is 70.5 cm³/mol. The molecule has 0 saturated carbocycles. The van der Waals surface area contributed by atoms with E-state index in [2.05, 4.69) is 31.3 Å². The second-order valence-corrected chi connectivity index (χ2v) is 4.46. The third-order valence-electron chi connectivity index (χ3n) is 2.84. The Balaban J connectivity index is 2.43. The summed E-state index contributed by atoms with van der Waals surface area (Å²) in [6, 6.07) is 8.52. The molecule has 0 fully saturated rings. The fraction of sp³-hybridized carbons (Fsp3) is 0.571. The third kappa shape index (κ3) is 4.75. The van der Waals surface area contributed by atoms with Gasteiger partial charge in [0.25, 0.3) is 0 Å². The number of hydrogen-bond acceptors (Lipinski definition) is 3. The monoisotopic (exact) mass is 237 g/mol. The Morgan fingerprint density at radius 1 is 1.12 bits per heavy atom. The molecule has 1 N–H and O–H groups in total. The molecular formula is C14H23NO2. The summed E-state index contributed by atoms with van der Waals surface area (Å²) in [5, 5.41) is 3.50. The molecule has 1 aromatic carbocycles. The average molecular weight is 237 g/mol. The minimum absolute atomic E-state index is 0.347. The van der Waals surface area contributed by atoms with Crippen molar-refractivity contribution in [2.24, 2.45) is 5.92 Å². The van der Waals surface area contributed by atoms with Crippen LogP contribution in [-0.2, 0) is 4.74 Å². The second kappa shape index (κ2) is 7.30. The summed E-state index contributed by atoms with van der Waals surface area (Å²) in [7, 11) is 3.42. The number of rotatable bonds is 7. The zero-order chi connectivity index (χ0) is 12.7. The molecule has 1 aromatic rings. The molecule has 1 rings (SSSR count). The highest BCUT2D eigenvalue weighted by Crippen LogP contribution is 2.17. The van der Waals surface area contributed by atoms with Gasteiger partial charge in [-0.2, -0.15) is 0 Å². The van der Waals surface area contributed by atoms with E-state index in [1.165, 1.54) is 5.56 Å². The number of benzene rings is 1. The molecule has 0 amide bonds. The maximum Gasteiger partial charge on any atom is 0.118 e. The zero-order valence-corrected chi connectivity index (χ0v) is 11.2. The van der Waals surface area contributed by atoms with Crippen LogP contribution in [0.1, 0.15) is 25.5 Å². The van der Waals surface area contributed by atoms with E-state index in [-0.39, 0.29) is 0 Å². The molecule has 2 atom stereocenters. The van der Waals surface area contributed by atoms with Gasteiger partial charge in [0.1, 0.15) is 5.75 Å². The summed E-state index contributed by atoms with van der Waals surface area (Å²) in [5.41, 5.74) is 1.27. The number of ether oxygens (including phenoxy) is 2. The molecule has 3 heteroatoms. The summed E-state index contributed by atoms with van der Waals surface area (Å²) in [6.45, 7) is 6.10. The van der Waals surface area contributed by atoms with Gasteiger partial charge in [-0.25, -0.2) is 0 Å². The number of methoxy groups -OCH3 is 2. The van der Waals surface area contributed by atoms with Gasteiger partial charge in [-0.3, -0.25) is 0 Å². The second-order valence-electron chi connectivity index (χ2n) is 4.46. The molecule has 0 aliphatic rings. The van der Waals surface area contributed by atoms with Crippen LogP contribution in [0.3, 0.4) is 0 Å². The molecule has 0 heterocycles. The van der Waals surface area contributed by atoms with Crippen LogP contribution < -0.4 is 10.1 Å². The van der Waals surface area contributed by atoms with Gasteiger partial charge in [0.15, 0.2) is 0 Å². The Bertz CT molecular complexity index is 311. The lowest BCUT2D eigenvalue weighted by Crippen LogP contribution is -2.26. The van der Waals surface area contributed by atoms with Crippen molar-refractivity contribution in [2.45, 2.75) is 19.9 Å². The maximum atomic E-state index is 5.14. The van der Waals surface area contributed by atoms with Gasteiger partial charge >= 0.3 is 0 Å². The Kier molecular flexibility index (Phi) is 6.01. The van der Waals surface area contributed by atoms with E-state index < -0.39 is 0 Å². The fourth-order valence-electron chi connectivity index (χ4n) is 1.73. The predicted octanol–water partition coefficient (Wildman–Crippen LogP) is 2.63. The van der Waals surface area contributed by atoms with Gasteiger partial charge in [0.2, 0.25) is 0 Å². The summed E-state index contributed by atoms with van der Waals surface area (Å²) in [6.07, 6.45) is 0. The largest absolute Gasteiger partial charge is 0.497 e. The van der Waals surface area contributed by atoms with Crippen molar-refractivity contribution in [3.05, 3.63) is 29.8 Å². The van der Waals surface area contributed by atoms with Crippen molar-refractivity contribution in [3.63, 3.8) is 0 Å². The molecule has 0 aliphatic heterocycles.